The molecule has 2 nitrogen and oxygen atoms in total. The minimum atomic E-state index is 0.270. The Kier molecular flexibility index (Phi) is 6.90. The molecule has 0 fully saturated rings. The Bertz CT molecular complexity index is 327. The fourth-order valence-corrected chi connectivity index (χ4v) is 2.62. The monoisotopic (exact) mass is 269 g/mol. The lowest BCUT2D eigenvalue weighted by Gasteiger charge is -2.15. The normalized spacial score (nSPS) is 12.0. The lowest BCUT2D eigenvalue weighted by atomic mass is 9.95. The summed E-state index contributed by atoms with van der Waals surface area (Å²) >= 11 is 1.91. The molecular weight excluding hydrogens is 242 g/mol. The van der Waals surface area contributed by atoms with Crippen molar-refractivity contribution in [1.82, 2.24) is 5.32 Å². The van der Waals surface area contributed by atoms with Crippen molar-refractivity contribution in [2.75, 3.05) is 19.8 Å². The second-order valence-electron chi connectivity index (χ2n) is 5.66. The summed E-state index contributed by atoms with van der Waals surface area (Å²) < 4.78 is 5.51. The summed E-state index contributed by atoms with van der Waals surface area (Å²) in [5, 5.41) is 3.43. The van der Waals surface area contributed by atoms with Gasteiger partial charge in [-0.2, -0.15) is 0 Å². The first-order chi connectivity index (χ1) is 8.54. The van der Waals surface area contributed by atoms with E-state index in [1.165, 1.54) is 22.6 Å². The Balaban J connectivity index is 2.14. The van der Waals surface area contributed by atoms with Crippen LogP contribution in [-0.2, 0) is 16.7 Å². The molecule has 1 heterocycles. The summed E-state index contributed by atoms with van der Waals surface area (Å²) in [6, 6.07) is 4.48. The smallest absolute Gasteiger partial charge is 0.0591 e. The van der Waals surface area contributed by atoms with Gasteiger partial charge in [0.15, 0.2) is 0 Å². The summed E-state index contributed by atoms with van der Waals surface area (Å²) in [6.07, 6.45) is 2.37. The summed E-state index contributed by atoms with van der Waals surface area (Å²) in [5.41, 5.74) is 0.270. The van der Waals surface area contributed by atoms with Crippen molar-refractivity contribution in [1.29, 1.82) is 0 Å². The third kappa shape index (κ3) is 5.98. The first-order valence-electron chi connectivity index (χ1n) is 6.91. The van der Waals surface area contributed by atoms with Gasteiger partial charge in [0, 0.05) is 29.5 Å². The van der Waals surface area contributed by atoms with Crippen LogP contribution < -0.4 is 5.32 Å². The molecule has 0 atom stereocenters. The van der Waals surface area contributed by atoms with E-state index in [0.29, 0.717) is 0 Å². The second-order valence-corrected chi connectivity index (χ2v) is 6.83. The molecule has 0 saturated carbocycles. The van der Waals surface area contributed by atoms with E-state index in [4.69, 9.17) is 4.74 Å². The predicted octanol–water partition coefficient (Wildman–Crippen LogP) is 3.95. The maximum Gasteiger partial charge on any atom is 0.0591 e. The molecule has 0 saturated heterocycles. The van der Waals surface area contributed by atoms with Gasteiger partial charge in [-0.05, 0) is 24.0 Å². The molecule has 0 unspecified atom stereocenters. The summed E-state index contributed by atoms with van der Waals surface area (Å²) in [6.45, 7) is 12.6. The molecule has 0 aliphatic carbocycles. The molecule has 104 valence electrons. The van der Waals surface area contributed by atoms with Gasteiger partial charge in [0.05, 0.1) is 6.61 Å². The van der Waals surface area contributed by atoms with Crippen LogP contribution in [0, 0.1) is 0 Å². The molecule has 3 heteroatoms. The van der Waals surface area contributed by atoms with Gasteiger partial charge >= 0.3 is 0 Å². The van der Waals surface area contributed by atoms with Crippen molar-refractivity contribution < 1.29 is 4.74 Å². The molecule has 0 radical (unpaired) electrons. The lowest BCUT2D eigenvalue weighted by molar-refractivity contribution is 0.133. The molecule has 0 amide bonds. The Morgan fingerprint density at radius 1 is 1.22 bits per heavy atom. The van der Waals surface area contributed by atoms with Crippen molar-refractivity contribution in [2.45, 2.75) is 52.5 Å². The number of rotatable bonds is 8. The Labute approximate surface area is 116 Å². The van der Waals surface area contributed by atoms with E-state index >= 15 is 0 Å². The third-order valence-electron chi connectivity index (χ3n) is 2.77. The molecule has 1 aromatic rings. The Morgan fingerprint density at radius 3 is 2.61 bits per heavy atom. The highest BCUT2D eigenvalue weighted by atomic mass is 32.1. The van der Waals surface area contributed by atoms with Crippen molar-refractivity contribution in [3.05, 3.63) is 21.9 Å². The molecule has 0 aromatic carbocycles. The highest BCUT2D eigenvalue weighted by Gasteiger charge is 2.15. The SMILES string of the molecule is CCCCOCCNCc1ccc(C(C)(C)C)s1. The topological polar surface area (TPSA) is 21.3 Å². The van der Waals surface area contributed by atoms with Crippen LogP contribution in [0.3, 0.4) is 0 Å². The first-order valence-corrected chi connectivity index (χ1v) is 7.73. The van der Waals surface area contributed by atoms with E-state index in [9.17, 15) is 0 Å². The van der Waals surface area contributed by atoms with Crippen LogP contribution >= 0.6 is 11.3 Å². The maximum absolute atomic E-state index is 5.51. The largest absolute Gasteiger partial charge is 0.380 e. The molecule has 0 aliphatic rings. The van der Waals surface area contributed by atoms with Crippen LogP contribution in [0.15, 0.2) is 12.1 Å². The minimum absolute atomic E-state index is 0.270. The molecule has 1 N–H and O–H groups in total. The number of hydrogen-bond acceptors (Lipinski definition) is 3. The predicted molar refractivity (Wildman–Crippen MR) is 80.5 cm³/mol. The highest BCUT2D eigenvalue weighted by Crippen LogP contribution is 2.29. The van der Waals surface area contributed by atoms with Gasteiger partial charge in [0.1, 0.15) is 0 Å². The van der Waals surface area contributed by atoms with E-state index in [1.54, 1.807) is 0 Å². The quantitative estimate of drug-likeness (QED) is 0.721. The van der Waals surface area contributed by atoms with Gasteiger partial charge in [-0.25, -0.2) is 0 Å². The van der Waals surface area contributed by atoms with Gasteiger partial charge in [0.2, 0.25) is 0 Å². The maximum atomic E-state index is 5.51. The van der Waals surface area contributed by atoms with Crippen LogP contribution in [0.25, 0.3) is 0 Å². The second kappa shape index (κ2) is 7.93. The van der Waals surface area contributed by atoms with Gasteiger partial charge in [-0.1, -0.05) is 34.1 Å². The van der Waals surface area contributed by atoms with Crippen LogP contribution in [-0.4, -0.2) is 19.8 Å². The van der Waals surface area contributed by atoms with E-state index in [2.05, 4.69) is 45.1 Å². The minimum Gasteiger partial charge on any atom is -0.380 e. The molecule has 0 aliphatic heterocycles. The zero-order chi connectivity index (χ0) is 13.4. The van der Waals surface area contributed by atoms with E-state index in [1.807, 2.05) is 11.3 Å². The van der Waals surface area contributed by atoms with Gasteiger partial charge < -0.3 is 10.1 Å². The van der Waals surface area contributed by atoms with Crippen LogP contribution in [0.1, 0.15) is 50.3 Å². The summed E-state index contributed by atoms with van der Waals surface area (Å²) in [7, 11) is 0. The molecule has 1 rings (SSSR count). The Hall–Kier alpha value is -0.380. The molecule has 0 spiro atoms. The zero-order valence-electron chi connectivity index (χ0n) is 12.2. The first kappa shape index (κ1) is 15.7. The number of thiophene rings is 1. The third-order valence-corrected chi connectivity index (χ3v) is 4.28. The molecule has 1 aromatic heterocycles. The molecular formula is C15H27NOS. The highest BCUT2D eigenvalue weighted by molar-refractivity contribution is 7.12. The average molecular weight is 269 g/mol. The number of hydrogen-bond donors (Lipinski definition) is 1. The summed E-state index contributed by atoms with van der Waals surface area (Å²) in [4.78, 5) is 2.87. The van der Waals surface area contributed by atoms with Crippen molar-refractivity contribution in [3.8, 4) is 0 Å². The van der Waals surface area contributed by atoms with Gasteiger partial charge in [-0.3, -0.25) is 0 Å². The lowest BCUT2D eigenvalue weighted by Crippen LogP contribution is -2.19. The van der Waals surface area contributed by atoms with Gasteiger partial charge in [0.25, 0.3) is 0 Å². The number of unbranched alkanes of at least 4 members (excludes halogenated alkanes) is 1. The van der Waals surface area contributed by atoms with Crippen molar-refractivity contribution in [2.24, 2.45) is 0 Å². The summed E-state index contributed by atoms with van der Waals surface area (Å²) in [5.74, 6) is 0. The average Bonchev–Trinajstić information content (AvgIpc) is 2.76. The van der Waals surface area contributed by atoms with Crippen LogP contribution in [0.4, 0.5) is 0 Å². The van der Waals surface area contributed by atoms with E-state index < -0.39 is 0 Å². The molecule has 18 heavy (non-hydrogen) atoms. The molecule has 0 bridgehead atoms. The fraction of sp³-hybridized carbons (Fsp3) is 0.733. The Morgan fingerprint density at radius 2 is 2.00 bits per heavy atom. The van der Waals surface area contributed by atoms with E-state index in [-0.39, 0.29) is 5.41 Å². The van der Waals surface area contributed by atoms with Gasteiger partial charge in [-0.15, -0.1) is 11.3 Å². The van der Waals surface area contributed by atoms with Crippen LogP contribution in [0.5, 0.6) is 0 Å². The standard InChI is InChI=1S/C15H27NOS/c1-5-6-10-17-11-9-16-12-13-7-8-14(18-13)15(2,3)4/h7-8,16H,5-6,9-12H2,1-4H3. The van der Waals surface area contributed by atoms with Crippen molar-refractivity contribution in [3.63, 3.8) is 0 Å². The van der Waals surface area contributed by atoms with Crippen LogP contribution in [0.2, 0.25) is 0 Å². The number of nitrogens with one attached hydrogen (secondary N) is 1. The van der Waals surface area contributed by atoms with E-state index in [0.717, 1.165) is 26.3 Å². The fourth-order valence-electron chi connectivity index (χ4n) is 1.58. The zero-order valence-corrected chi connectivity index (χ0v) is 13.0. The van der Waals surface area contributed by atoms with Crippen molar-refractivity contribution >= 4 is 11.3 Å². The number of ether oxygens (including phenoxy) is 1.